The Bertz CT molecular complexity index is 944. The summed E-state index contributed by atoms with van der Waals surface area (Å²) in [6.45, 7) is 3.89. The van der Waals surface area contributed by atoms with Crippen molar-refractivity contribution in [1.29, 1.82) is 0 Å². The van der Waals surface area contributed by atoms with Crippen molar-refractivity contribution in [2.75, 3.05) is 22.8 Å². The third-order valence-corrected chi connectivity index (χ3v) is 5.74. The van der Waals surface area contributed by atoms with E-state index < -0.39 is 10.0 Å². The second-order valence-corrected chi connectivity index (χ2v) is 7.75. The Morgan fingerprint density at radius 3 is 2.68 bits per heavy atom. The molecule has 0 bridgehead atoms. The lowest BCUT2D eigenvalue weighted by Gasteiger charge is -2.29. The molecule has 0 unspecified atom stereocenters. The van der Waals surface area contributed by atoms with Gasteiger partial charge in [0.1, 0.15) is 12.4 Å². The number of carbonyl (C=O) groups excluding carboxylic acids is 1. The quantitative estimate of drug-likeness (QED) is 0.887. The van der Waals surface area contributed by atoms with E-state index in [9.17, 15) is 13.2 Å². The number of ether oxygens (including phenoxy) is 1. The summed E-state index contributed by atoms with van der Waals surface area (Å²) in [6, 6.07) is 9.69. The Balaban J connectivity index is 2.03. The van der Waals surface area contributed by atoms with Crippen molar-refractivity contribution in [3.05, 3.63) is 47.0 Å². The summed E-state index contributed by atoms with van der Waals surface area (Å²) in [7, 11) is -3.86. The molecule has 6 nitrogen and oxygen atoms in total. The number of carbonyl (C=O) groups is 1. The molecule has 1 heterocycles. The number of sulfonamides is 1. The van der Waals surface area contributed by atoms with Gasteiger partial charge in [0.15, 0.2) is 0 Å². The Morgan fingerprint density at radius 1 is 1.28 bits per heavy atom. The van der Waals surface area contributed by atoms with E-state index in [2.05, 4.69) is 4.72 Å². The number of aryl methyl sites for hydroxylation is 1. The topological polar surface area (TPSA) is 75.7 Å². The Hall–Kier alpha value is -2.25. The molecule has 0 atom stereocenters. The highest BCUT2D eigenvalue weighted by molar-refractivity contribution is 7.92. The van der Waals surface area contributed by atoms with Crippen LogP contribution in [-0.4, -0.2) is 27.5 Å². The van der Waals surface area contributed by atoms with Gasteiger partial charge in [-0.2, -0.15) is 0 Å². The number of rotatable bonds is 3. The van der Waals surface area contributed by atoms with E-state index in [1.165, 1.54) is 13.0 Å². The number of hydrogen-bond acceptors (Lipinski definition) is 4. The molecule has 2 aromatic rings. The van der Waals surface area contributed by atoms with Crippen LogP contribution in [0.2, 0.25) is 5.02 Å². The van der Waals surface area contributed by atoms with Crippen LogP contribution in [0, 0.1) is 6.92 Å². The van der Waals surface area contributed by atoms with Gasteiger partial charge < -0.3 is 9.64 Å². The van der Waals surface area contributed by atoms with Crippen LogP contribution in [0.4, 0.5) is 11.4 Å². The number of amides is 1. The van der Waals surface area contributed by atoms with E-state index in [1.807, 2.05) is 0 Å². The molecule has 0 radical (unpaired) electrons. The van der Waals surface area contributed by atoms with E-state index >= 15 is 0 Å². The van der Waals surface area contributed by atoms with E-state index in [-0.39, 0.29) is 10.8 Å². The molecule has 0 fully saturated rings. The lowest BCUT2D eigenvalue weighted by atomic mass is 10.1. The summed E-state index contributed by atoms with van der Waals surface area (Å²) in [6.07, 6.45) is 0. The third kappa shape index (κ3) is 3.43. The predicted octanol–water partition coefficient (Wildman–Crippen LogP) is 3.19. The average Bonchev–Trinajstić information content (AvgIpc) is 2.55. The van der Waals surface area contributed by atoms with Gasteiger partial charge in [-0.25, -0.2) is 8.42 Å². The van der Waals surface area contributed by atoms with Gasteiger partial charge in [-0.15, -0.1) is 0 Å². The van der Waals surface area contributed by atoms with Crippen molar-refractivity contribution in [1.82, 2.24) is 0 Å². The number of hydrogen-bond donors (Lipinski definition) is 1. The summed E-state index contributed by atoms with van der Waals surface area (Å²) in [5.41, 5.74) is 1.38. The summed E-state index contributed by atoms with van der Waals surface area (Å²) < 4.78 is 33.6. The minimum atomic E-state index is -3.86. The maximum Gasteiger partial charge on any atom is 0.262 e. The van der Waals surface area contributed by atoms with Gasteiger partial charge in [-0.1, -0.05) is 23.7 Å². The minimum absolute atomic E-state index is 0.0802. The zero-order valence-corrected chi connectivity index (χ0v) is 15.3. The molecule has 132 valence electrons. The summed E-state index contributed by atoms with van der Waals surface area (Å²) >= 11 is 6.03. The van der Waals surface area contributed by atoms with Crippen molar-refractivity contribution in [3.63, 3.8) is 0 Å². The molecular formula is C17H17ClN2O4S. The van der Waals surface area contributed by atoms with Crippen molar-refractivity contribution >= 4 is 38.9 Å². The van der Waals surface area contributed by atoms with Gasteiger partial charge in [0.2, 0.25) is 5.91 Å². The first kappa shape index (κ1) is 17.6. The molecule has 3 rings (SSSR count). The molecule has 0 spiro atoms. The molecule has 0 saturated carbocycles. The van der Waals surface area contributed by atoms with Crippen LogP contribution in [0.15, 0.2) is 41.3 Å². The van der Waals surface area contributed by atoms with Crippen LogP contribution in [0.25, 0.3) is 0 Å². The maximum absolute atomic E-state index is 12.8. The fraction of sp³-hybridized carbons (Fsp3) is 0.235. The molecule has 1 amide bonds. The fourth-order valence-electron chi connectivity index (χ4n) is 2.71. The smallest absolute Gasteiger partial charge is 0.262 e. The van der Waals surface area contributed by atoms with Crippen LogP contribution >= 0.6 is 11.6 Å². The van der Waals surface area contributed by atoms with Crippen molar-refractivity contribution in [2.45, 2.75) is 18.7 Å². The molecule has 8 heteroatoms. The van der Waals surface area contributed by atoms with Crippen molar-refractivity contribution < 1.29 is 17.9 Å². The lowest BCUT2D eigenvalue weighted by Crippen LogP contribution is -2.36. The van der Waals surface area contributed by atoms with Crippen molar-refractivity contribution in [3.8, 4) is 5.75 Å². The molecule has 0 saturated heterocycles. The normalized spacial score (nSPS) is 13.8. The van der Waals surface area contributed by atoms with E-state index in [4.69, 9.17) is 16.3 Å². The first-order valence-electron chi connectivity index (χ1n) is 7.62. The molecule has 0 aromatic heterocycles. The van der Waals surface area contributed by atoms with E-state index in [0.29, 0.717) is 40.9 Å². The predicted molar refractivity (Wildman–Crippen MR) is 97.0 cm³/mol. The zero-order chi connectivity index (χ0) is 18.2. The highest BCUT2D eigenvalue weighted by atomic mass is 35.5. The lowest BCUT2D eigenvalue weighted by molar-refractivity contribution is -0.116. The molecule has 1 N–H and O–H groups in total. The van der Waals surface area contributed by atoms with Gasteiger partial charge in [-0.3, -0.25) is 9.52 Å². The number of nitrogens with zero attached hydrogens (tertiary/aromatic N) is 1. The summed E-state index contributed by atoms with van der Waals surface area (Å²) in [5.74, 6) is 0.250. The van der Waals surface area contributed by atoms with Crippen molar-refractivity contribution in [2.24, 2.45) is 0 Å². The number of anilines is 2. The largest absolute Gasteiger partial charge is 0.489 e. The molecular weight excluding hydrogens is 364 g/mol. The Kier molecular flexibility index (Phi) is 4.62. The van der Waals surface area contributed by atoms with E-state index in [1.54, 1.807) is 42.2 Å². The molecule has 25 heavy (non-hydrogen) atoms. The standard InChI is InChI=1S/C17H17ClN2O4S/c1-11-9-15-16(24-8-7-20(15)12(2)21)10-17(11)25(22,23)19-14-6-4-3-5-13(14)18/h3-6,9-10,19H,7-8H2,1-2H3. The van der Waals surface area contributed by atoms with Gasteiger partial charge >= 0.3 is 0 Å². The first-order valence-corrected chi connectivity index (χ1v) is 9.48. The number of fused-ring (bicyclic) bond motifs is 1. The van der Waals surface area contributed by atoms with Gasteiger partial charge in [-0.05, 0) is 30.7 Å². The zero-order valence-electron chi connectivity index (χ0n) is 13.7. The minimum Gasteiger partial charge on any atom is -0.489 e. The molecule has 1 aliphatic rings. The average molecular weight is 381 g/mol. The Labute approximate surface area is 151 Å². The van der Waals surface area contributed by atoms with Gasteiger partial charge in [0.25, 0.3) is 10.0 Å². The van der Waals surface area contributed by atoms with Gasteiger partial charge in [0, 0.05) is 13.0 Å². The first-order chi connectivity index (χ1) is 11.8. The van der Waals surface area contributed by atoms with Crippen LogP contribution < -0.4 is 14.4 Å². The molecule has 2 aromatic carbocycles. The SMILES string of the molecule is CC(=O)N1CCOc2cc(S(=O)(=O)Nc3ccccc3Cl)c(C)cc21. The van der Waals surface area contributed by atoms with Crippen LogP contribution in [0.1, 0.15) is 12.5 Å². The summed E-state index contributed by atoms with van der Waals surface area (Å²) in [4.78, 5) is 13.4. The molecule has 1 aliphatic heterocycles. The number of nitrogens with one attached hydrogen (secondary N) is 1. The Morgan fingerprint density at radius 2 is 2.00 bits per heavy atom. The fourth-order valence-corrected chi connectivity index (χ4v) is 4.27. The highest BCUT2D eigenvalue weighted by Crippen LogP contribution is 2.36. The number of halogens is 1. The highest BCUT2D eigenvalue weighted by Gasteiger charge is 2.26. The van der Waals surface area contributed by atoms with Crippen LogP contribution in [0.5, 0.6) is 5.75 Å². The van der Waals surface area contributed by atoms with Crippen LogP contribution in [-0.2, 0) is 14.8 Å². The van der Waals surface area contributed by atoms with E-state index in [0.717, 1.165) is 0 Å². The van der Waals surface area contributed by atoms with Crippen LogP contribution in [0.3, 0.4) is 0 Å². The number of benzene rings is 2. The summed E-state index contributed by atoms with van der Waals surface area (Å²) in [5, 5.41) is 0.306. The monoisotopic (exact) mass is 380 g/mol. The maximum atomic E-state index is 12.8. The third-order valence-electron chi connectivity index (χ3n) is 3.91. The second kappa shape index (κ2) is 6.57. The molecule has 0 aliphatic carbocycles. The second-order valence-electron chi connectivity index (χ2n) is 5.69. The number of para-hydroxylation sites is 1. The van der Waals surface area contributed by atoms with Gasteiger partial charge in [0.05, 0.1) is 27.8 Å².